The van der Waals surface area contributed by atoms with E-state index in [0.29, 0.717) is 5.75 Å². The number of rotatable bonds is 5. The zero-order valence-electron chi connectivity index (χ0n) is 13.4. The first kappa shape index (κ1) is 16.5. The standard InChI is InChI=1S/C17H27NO2S/c1-4-18-16(17-7-5-6-8-21(17,19)20)12-15-10-13(2)9-14(3)11-15/h9-11,16-18H,4-8,12H2,1-3H3. The quantitative estimate of drug-likeness (QED) is 0.910. The summed E-state index contributed by atoms with van der Waals surface area (Å²) in [5, 5.41) is 3.19. The van der Waals surface area contributed by atoms with Crippen LogP contribution in [0.4, 0.5) is 0 Å². The van der Waals surface area contributed by atoms with Gasteiger partial charge in [0.25, 0.3) is 0 Å². The van der Waals surface area contributed by atoms with Crippen molar-refractivity contribution in [1.82, 2.24) is 5.32 Å². The van der Waals surface area contributed by atoms with Gasteiger partial charge in [-0.25, -0.2) is 8.42 Å². The lowest BCUT2D eigenvalue weighted by molar-refractivity contribution is 0.441. The predicted octanol–water partition coefficient (Wildman–Crippen LogP) is 2.79. The smallest absolute Gasteiger partial charge is 0.154 e. The molecule has 1 fully saturated rings. The second kappa shape index (κ2) is 6.93. The lowest BCUT2D eigenvalue weighted by atomic mass is 9.97. The maximum Gasteiger partial charge on any atom is 0.154 e. The second-order valence-electron chi connectivity index (χ2n) is 6.27. The lowest BCUT2D eigenvalue weighted by Crippen LogP contribution is -2.47. The van der Waals surface area contributed by atoms with E-state index in [4.69, 9.17) is 0 Å². The molecule has 2 rings (SSSR count). The maximum atomic E-state index is 12.4. The number of hydrogen-bond donors (Lipinski definition) is 1. The van der Waals surface area contributed by atoms with E-state index in [2.05, 4.69) is 37.4 Å². The molecule has 1 saturated heterocycles. The largest absolute Gasteiger partial charge is 0.313 e. The first-order valence-electron chi connectivity index (χ1n) is 7.94. The molecule has 0 radical (unpaired) electrons. The van der Waals surface area contributed by atoms with E-state index in [0.717, 1.165) is 32.2 Å². The Morgan fingerprint density at radius 1 is 1.19 bits per heavy atom. The minimum atomic E-state index is -2.95. The molecule has 1 aromatic rings. The van der Waals surface area contributed by atoms with Crippen molar-refractivity contribution in [3.05, 3.63) is 34.9 Å². The van der Waals surface area contributed by atoms with Crippen molar-refractivity contribution < 1.29 is 8.42 Å². The molecule has 3 nitrogen and oxygen atoms in total. The molecular formula is C17H27NO2S. The van der Waals surface area contributed by atoms with E-state index in [9.17, 15) is 8.42 Å². The van der Waals surface area contributed by atoms with Gasteiger partial charge in [-0.3, -0.25) is 0 Å². The Balaban J connectivity index is 2.22. The lowest BCUT2D eigenvalue weighted by Gasteiger charge is -2.31. The molecule has 0 aromatic heterocycles. The number of benzene rings is 1. The molecule has 21 heavy (non-hydrogen) atoms. The highest BCUT2D eigenvalue weighted by atomic mass is 32.2. The summed E-state index contributed by atoms with van der Waals surface area (Å²) < 4.78 is 24.8. The van der Waals surface area contributed by atoms with E-state index in [-0.39, 0.29) is 11.3 Å². The van der Waals surface area contributed by atoms with E-state index in [1.165, 1.54) is 16.7 Å². The van der Waals surface area contributed by atoms with Crippen LogP contribution in [0.25, 0.3) is 0 Å². The summed E-state index contributed by atoms with van der Waals surface area (Å²) in [7, 11) is -2.95. The van der Waals surface area contributed by atoms with Gasteiger partial charge in [0.2, 0.25) is 0 Å². The SMILES string of the molecule is CCNC(Cc1cc(C)cc(C)c1)C1CCCCS1(=O)=O. The van der Waals surface area contributed by atoms with Crippen molar-refractivity contribution in [2.45, 2.75) is 57.7 Å². The fourth-order valence-corrected chi connectivity index (χ4v) is 5.60. The highest BCUT2D eigenvalue weighted by Crippen LogP contribution is 2.24. The van der Waals surface area contributed by atoms with Gasteiger partial charge >= 0.3 is 0 Å². The molecule has 1 aliphatic heterocycles. The van der Waals surface area contributed by atoms with Crippen LogP contribution in [0.1, 0.15) is 42.9 Å². The molecule has 0 bridgehead atoms. The van der Waals surface area contributed by atoms with Gasteiger partial charge in [0.15, 0.2) is 9.84 Å². The summed E-state index contributed by atoms with van der Waals surface area (Å²) in [5.74, 6) is 0.354. The topological polar surface area (TPSA) is 46.2 Å². The van der Waals surface area contributed by atoms with Crippen molar-refractivity contribution >= 4 is 9.84 Å². The third kappa shape index (κ3) is 4.30. The van der Waals surface area contributed by atoms with Crippen LogP contribution in [-0.2, 0) is 16.3 Å². The fraction of sp³-hybridized carbons (Fsp3) is 0.647. The molecule has 2 atom stereocenters. The van der Waals surface area contributed by atoms with E-state index in [1.54, 1.807) is 0 Å². The Morgan fingerprint density at radius 2 is 1.86 bits per heavy atom. The van der Waals surface area contributed by atoms with Crippen molar-refractivity contribution in [2.75, 3.05) is 12.3 Å². The number of nitrogens with one attached hydrogen (secondary N) is 1. The van der Waals surface area contributed by atoms with Gasteiger partial charge in [0.1, 0.15) is 0 Å². The monoisotopic (exact) mass is 309 g/mol. The summed E-state index contributed by atoms with van der Waals surface area (Å²) in [6.07, 6.45) is 3.44. The summed E-state index contributed by atoms with van der Waals surface area (Å²) in [4.78, 5) is 0. The number of sulfone groups is 1. The summed E-state index contributed by atoms with van der Waals surface area (Å²) in [5.41, 5.74) is 3.72. The molecule has 0 aliphatic carbocycles. The van der Waals surface area contributed by atoms with Crippen LogP contribution in [-0.4, -0.2) is 32.0 Å². The molecule has 118 valence electrons. The summed E-state index contributed by atoms with van der Waals surface area (Å²) in [6, 6.07) is 6.53. The van der Waals surface area contributed by atoms with Gasteiger partial charge in [0, 0.05) is 6.04 Å². The first-order chi connectivity index (χ1) is 9.92. The number of likely N-dealkylation sites (N-methyl/N-ethyl adjacent to an activating group) is 1. The Hall–Kier alpha value is -0.870. The van der Waals surface area contributed by atoms with Gasteiger partial charge in [-0.05, 0) is 45.2 Å². The molecule has 4 heteroatoms. The molecule has 1 aromatic carbocycles. The van der Waals surface area contributed by atoms with E-state index >= 15 is 0 Å². The van der Waals surface area contributed by atoms with Crippen LogP contribution >= 0.6 is 0 Å². The normalized spacial score (nSPS) is 22.9. The van der Waals surface area contributed by atoms with Gasteiger partial charge in [-0.1, -0.05) is 42.7 Å². The van der Waals surface area contributed by atoms with Crippen molar-refractivity contribution in [1.29, 1.82) is 0 Å². The Kier molecular flexibility index (Phi) is 5.44. The Labute approximate surface area is 129 Å². The zero-order valence-corrected chi connectivity index (χ0v) is 14.2. The maximum absolute atomic E-state index is 12.4. The molecule has 1 aliphatic rings. The van der Waals surface area contributed by atoms with Crippen LogP contribution in [0.5, 0.6) is 0 Å². The third-order valence-corrected chi connectivity index (χ3v) is 6.63. The third-order valence-electron chi connectivity index (χ3n) is 4.28. The number of hydrogen-bond acceptors (Lipinski definition) is 3. The summed E-state index contributed by atoms with van der Waals surface area (Å²) >= 11 is 0. The first-order valence-corrected chi connectivity index (χ1v) is 9.66. The second-order valence-corrected chi connectivity index (χ2v) is 8.60. The number of aryl methyl sites for hydroxylation is 2. The van der Waals surface area contributed by atoms with Crippen LogP contribution in [0.15, 0.2) is 18.2 Å². The van der Waals surface area contributed by atoms with E-state index in [1.807, 2.05) is 6.92 Å². The minimum Gasteiger partial charge on any atom is -0.313 e. The molecule has 0 amide bonds. The van der Waals surface area contributed by atoms with Gasteiger partial charge < -0.3 is 5.32 Å². The average molecular weight is 309 g/mol. The van der Waals surface area contributed by atoms with E-state index < -0.39 is 9.84 Å². The molecule has 0 spiro atoms. The highest BCUT2D eigenvalue weighted by Gasteiger charge is 2.35. The van der Waals surface area contributed by atoms with Crippen LogP contribution in [0, 0.1) is 13.8 Å². The van der Waals surface area contributed by atoms with Gasteiger partial charge in [-0.2, -0.15) is 0 Å². The van der Waals surface area contributed by atoms with Crippen LogP contribution < -0.4 is 5.32 Å². The Bertz CT molecular complexity index is 560. The molecule has 1 heterocycles. The van der Waals surface area contributed by atoms with Crippen molar-refractivity contribution in [3.8, 4) is 0 Å². The van der Waals surface area contributed by atoms with Crippen molar-refractivity contribution in [2.24, 2.45) is 0 Å². The highest BCUT2D eigenvalue weighted by molar-refractivity contribution is 7.92. The zero-order chi connectivity index (χ0) is 15.5. The van der Waals surface area contributed by atoms with Gasteiger partial charge in [-0.15, -0.1) is 0 Å². The molecule has 1 N–H and O–H groups in total. The Morgan fingerprint density at radius 3 is 2.43 bits per heavy atom. The predicted molar refractivity (Wildman–Crippen MR) is 88.5 cm³/mol. The van der Waals surface area contributed by atoms with Gasteiger partial charge in [0.05, 0.1) is 11.0 Å². The van der Waals surface area contributed by atoms with Crippen LogP contribution in [0.3, 0.4) is 0 Å². The van der Waals surface area contributed by atoms with Crippen LogP contribution in [0.2, 0.25) is 0 Å². The van der Waals surface area contributed by atoms with Crippen molar-refractivity contribution in [3.63, 3.8) is 0 Å². The molecular weight excluding hydrogens is 282 g/mol. The average Bonchev–Trinajstić information content (AvgIpc) is 2.36. The minimum absolute atomic E-state index is 0.0292. The molecule has 0 saturated carbocycles. The summed E-state index contributed by atoms with van der Waals surface area (Å²) in [6.45, 7) is 7.04. The molecule has 2 unspecified atom stereocenters. The fourth-order valence-electron chi connectivity index (χ4n) is 3.47.